The van der Waals surface area contributed by atoms with Gasteiger partial charge < -0.3 is 26.0 Å². The van der Waals surface area contributed by atoms with Gasteiger partial charge in [-0.05, 0) is 30.2 Å². The number of carbonyl (C=O) groups excluding carboxylic acids is 1. The van der Waals surface area contributed by atoms with Gasteiger partial charge in [0.15, 0.2) is 0 Å². The Balaban J connectivity index is 1.82. The summed E-state index contributed by atoms with van der Waals surface area (Å²) in [6, 6.07) is 6.87. The maximum absolute atomic E-state index is 11.8. The minimum Gasteiger partial charge on any atom is -0.480 e. The Kier molecular flexibility index (Phi) is 5.75. The van der Waals surface area contributed by atoms with Crippen LogP contribution in [0.25, 0.3) is 0 Å². The van der Waals surface area contributed by atoms with Crippen molar-refractivity contribution < 1.29 is 29.3 Å². The smallest absolute Gasteiger partial charge is 0.408 e. The molecular formula is C16H20N2O6. The van der Waals surface area contributed by atoms with Crippen LogP contribution in [-0.2, 0) is 20.9 Å². The lowest BCUT2D eigenvalue weighted by molar-refractivity contribution is -0.140. The third-order valence-corrected chi connectivity index (χ3v) is 4.03. The maximum atomic E-state index is 11.8. The fourth-order valence-electron chi connectivity index (χ4n) is 2.62. The summed E-state index contributed by atoms with van der Waals surface area (Å²) >= 11 is 0. The van der Waals surface area contributed by atoms with Gasteiger partial charge in [-0.3, -0.25) is 4.79 Å². The standard InChI is InChI=1S/C16H20N2O6/c17-12(14(19)20)7-10-6-11(10)13(15(21)22)18-16(23)24-8-9-4-2-1-3-5-9/h1-5,10-13H,6-8,17H2,(H,18,23)(H,19,20)(H,21,22)/t10-,11+,12+,13-/m1/s1. The quantitative estimate of drug-likeness (QED) is 0.550. The van der Waals surface area contributed by atoms with Gasteiger partial charge in [-0.1, -0.05) is 30.3 Å². The second-order valence-corrected chi connectivity index (χ2v) is 5.86. The topological polar surface area (TPSA) is 139 Å². The van der Waals surface area contributed by atoms with Crippen LogP contribution >= 0.6 is 0 Å². The number of hydrogen-bond donors (Lipinski definition) is 4. The molecule has 0 aliphatic heterocycles. The molecule has 0 unspecified atom stereocenters. The number of benzene rings is 1. The summed E-state index contributed by atoms with van der Waals surface area (Å²) in [6.07, 6.45) is -0.124. The van der Waals surface area contributed by atoms with Crippen LogP contribution in [0, 0.1) is 11.8 Å². The second kappa shape index (κ2) is 7.78. The van der Waals surface area contributed by atoms with Crippen LogP contribution in [0.2, 0.25) is 0 Å². The molecule has 1 fully saturated rings. The largest absolute Gasteiger partial charge is 0.480 e. The lowest BCUT2D eigenvalue weighted by Crippen LogP contribution is -2.43. The van der Waals surface area contributed by atoms with E-state index in [4.69, 9.17) is 15.6 Å². The normalized spacial score (nSPS) is 21.4. The molecule has 8 heteroatoms. The zero-order valence-corrected chi connectivity index (χ0v) is 12.9. The lowest BCUT2D eigenvalue weighted by Gasteiger charge is -2.15. The van der Waals surface area contributed by atoms with Crippen molar-refractivity contribution in [3.63, 3.8) is 0 Å². The average Bonchev–Trinajstić information content (AvgIpc) is 3.30. The van der Waals surface area contributed by atoms with Gasteiger partial charge in [-0.15, -0.1) is 0 Å². The summed E-state index contributed by atoms with van der Waals surface area (Å²) in [5.41, 5.74) is 6.24. The number of rotatable bonds is 8. The van der Waals surface area contributed by atoms with Crippen molar-refractivity contribution in [2.24, 2.45) is 17.6 Å². The molecule has 24 heavy (non-hydrogen) atoms. The van der Waals surface area contributed by atoms with Gasteiger partial charge in [-0.25, -0.2) is 9.59 Å². The van der Waals surface area contributed by atoms with Crippen molar-refractivity contribution in [3.05, 3.63) is 35.9 Å². The van der Waals surface area contributed by atoms with Crippen molar-refractivity contribution in [3.8, 4) is 0 Å². The Morgan fingerprint density at radius 3 is 2.46 bits per heavy atom. The van der Waals surface area contributed by atoms with Crippen LogP contribution in [0.15, 0.2) is 30.3 Å². The average molecular weight is 336 g/mol. The number of alkyl carbamates (subject to hydrolysis) is 1. The Morgan fingerprint density at radius 1 is 1.21 bits per heavy atom. The molecule has 0 aromatic heterocycles. The van der Waals surface area contributed by atoms with Crippen LogP contribution < -0.4 is 11.1 Å². The molecule has 5 N–H and O–H groups in total. The van der Waals surface area contributed by atoms with Crippen LogP contribution in [-0.4, -0.2) is 40.3 Å². The summed E-state index contributed by atoms with van der Waals surface area (Å²) in [5, 5.41) is 20.4. The molecule has 0 spiro atoms. The number of nitrogens with one attached hydrogen (secondary N) is 1. The van der Waals surface area contributed by atoms with E-state index >= 15 is 0 Å². The van der Waals surface area contributed by atoms with Crippen molar-refractivity contribution in [2.75, 3.05) is 0 Å². The van der Waals surface area contributed by atoms with E-state index in [0.717, 1.165) is 5.56 Å². The van der Waals surface area contributed by atoms with E-state index < -0.39 is 30.1 Å². The van der Waals surface area contributed by atoms with E-state index in [1.54, 1.807) is 24.3 Å². The number of amides is 1. The molecule has 1 aliphatic carbocycles. The molecule has 2 rings (SSSR count). The van der Waals surface area contributed by atoms with Gasteiger partial charge in [0.2, 0.25) is 0 Å². The summed E-state index contributed by atoms with van der Waals surface area (Å²) in [7, 11) is 0. The first-order valence-electron chi connectivity index (χ1n) is 7.57. The molecule has 1 amide bonds. The molecule has 0 radical (unpaired) electrons. The number of hydrogen-bond acceptors (Lipinski definition) is 5. The van der Waals surface area contributed by atoms with Gasteiger partial charge in [0.05, 0.1) is 0 Å². The van der Waals surface area contributed by atoms with Gasteiger partial charge in [0.1, 0.15) is 18.7 Å². The molecule has 1 aromatic carbocycles. The highest BCUT2D eigenvalue weighted by atomic mass is 16.5. The molecule has 1 aromatic rings. The highest BCUT2D eigenvalue weighted by molar-refractivity contribution is 5.80. The predicted molar refractivity (Wildman–Crippen MR) is 83.0 cm³/mol. The molecule has 130 valence electrons. The van der Waals surface area contributed by atoms with E-state index in [-0.39, 0.29) is 24.9 Å². The van der Waals surface area contributed by atoms with E-state index in [1.807, 2.05) is 6.07 Å². The molecule has 0 saturated heterocycles. The minimum absolute atomic E-state index is 0.0387. The third-order valence-electron chi connectivity index (χ3n) is 4.03. The number of ether oxygens (including phenoxy) is 1. The number of carboxylic acids is 2. The zero-order chi connectivity index (χ0) is 17.7. The predicted octanol–water partition coefficient (Wildman–Crippen LogP) is 0.804. The van der Waals surface area contributed by atoms with E-state index in [1.165, 1.54) is 0 Å². The summed E-state index contributed by atoms with van der Waals surface area (Å²) < 4.78 is 5.01. The van der Waals surface area contributed by atoms with E-state index in [0.29, 0.717) is 6.42 Å². The van der Waals surface area contributed by atoms with Crippen LogP contribution in [0.1, 0.15) is 18.4 Å². The van der Waals surface area contributed by atoms with Crippen LogP contribution in [0.5, 0.6) is 0 Å². The van der Waals surface area contributed by atoms with E-state index in [2.05, 4.69) is 5.32 Å². The van der Waals surface area contributed by atoms with Crippen LogP contribution in [0.4, 0.5) is 4.79 Å². The van der Waals surface area contributed by atoms with E-state index in [9.17, 15) is 19.5 Å². The Bertz CT molecular complexity index is 606. The Hall–Kier alpha value is -2.61. The van der Waals surface area contributed by atoms with Gasteiger partial charge in [-0.2, -0.15) is 0 Å². The summed E-state index contributed by atoms with van der Waals surface area (Å²) in [6.45, 7) is 0.0387. The lowest BCUT2D eigenvalue weighted by atomic mass is 10.1. The Morgan fingerprint density at radius 2 is 1.88 bits per heavy atom. The van der Waals surface area contributed by atoms with Crippen molar-refractivity contribution in [2.45, 2.75) is 31.5 Å². The molecule has 0 heterocycles. The number of carboxylic acid groups (broad SMARTS) is 2. The first-order valence-corrected chi connectivity index (χ1v) is 7.57. The van der Waals surface area contributed by atoms with Gasteiger partial charge >= 0.3 is 18.0 Å². The van der Waals surface area contributed by atoms with Gasteiger partial charge in [0.25, 0.3) is 0 Å². The highest BCUT2D eigenvalue weighted by Crippen LogP contribution is 2.44. The zero-order valence-electron chi connectivity index (χ0n) is 12.9. The molecule has 4 atom stereocenters. The fraction of sp³-hybridized carbons (Fsp3) is 0.438. The number of nitrogens with two attached hydrogens (primary N) is 1. The second-order valence-electron chi connectivity index (χ2n) is 5.86. The SMILES string of the molecule is N[C@@H](C[C@H]1C[C@@H]1[C@@H](NC(=O)OCc1ccccc1)C(=O)O)C(=O)O. The molecule has 1 aliphatic rings. The highest BCUT2D eigenvalue weighted by Gasteiger charge is 2.48. The molecule has 0 bridgehead atoms. The fourth-order valence-corrected chi connectivity index (χ4v) is 2.62. The van der Waals surface area contributed by atoms with Crippen molar-refractivity contribution >= 4 is 18.0 Å². The molecule has 8 nitrogen and oxygen atoms in total. The van der Waals surface area contributed by atoms with Gasteiger partial charge in [0, 0.05) is 0 Å². The Labute approximate surface area is 138 Å². The minimum atomic E-state index is -1.18. The summed E-state index contributed by atoms with van der Waals surface area (Å²) in [4.78, 5) is 33.9. The first kappa shape index (κ1) is 17.7. The molecular weight excluding hydrogens is 316 g/mol. The van der Waals surface area contributed by atoms with Crippen LogP contribution in [0.3, 0.4) is 0 Å². The maximum Gasteiger partial charge on any atom is 0.408 e. The summed E-state index contributed by atoms with van der Waals surface area (Å²) in [5.74, 6) is -2.77. The van der Waals surface area contributed by atoms with Crippen molar-refractivity contribution in [1.82, 2.24) is 5.32 Å². The number of carbonyl (C=O) groups is 3. The third kappa shape index (κ3) is 4.95. The first-order chi connectivity index (χ1) is 11.4. The molecule has 1 saturated carbocycles. The van der Waals surface area contributed by atoms with Crippen molar-refractivity contribution in [1.29, 1.82) is 0 Å². The number of aliphatic carboxylic acids is 2. The monoisotopic (exact) mass is 336 g/mol.